The van der Waals surface area contributed by atoms with Crippen LogP contribution in [0.3, 0.4) is 0 Å². The molecular weight excluding hydrogens is 382 g/mol. The van der Waals surface area contributed by atoms with Gasteiger partial charge in [0.25, 0.3) is 0 Å². The highest BCUT2D eigenvalue weighted by molar-refractivity contribution is 5.81. The average molecular weight is 414 g/mol. The first-order chi connectivity index (χ1) is 14.2. The predicted octanol–water partition coefficient (Wildman–Crippen LogP) is 4.53. The van der Waals surface area contributed by atoms with Crippen LogP contribution in [0, 0.1) is 0 Å². The summed E-state index contributed by atoms with van der Waals surface area (Å²) in [6.45, 7) is 7.41. The molecule has 1 atom stereocenters. The van der Waals surface area contributed by atoms with Crippen LogP contribution in [0.2, 0.25) is 0 Å². The van der Waals surface area contributed by atoms with E-state index < -0.39 is 23.7 Å². The van der Waals surface area contributed by atoms with E-state index >= 15 is 0 Å². The summed E-state index contributed by atoms with van der Waals surface area (Å²) in [4.78, 5) is 24.2. The molecule has 0 aliphatic heterocycles. The van der Waals surface area contributed by atoms with Crippen LogP contribution in [0.25, 0.3) is 11.1 Å². The Hall–Kier alpha value is -3.02. The van der Waals surface area contributed by atoms with E-state index in [0.717, 1.165) is 28.9 Å². The second kappa shape index (κ2) is 10.1. The summed E-state index contributed by atoms with van der Waals surface area (Å²) in [5.41, 5.74) is 3.66. The van der Waals surface area contributed by atoms with Crippen LogP contribution in [0.4, 0.5) is 4.79 Å². The maximum Gasteiger partial charge on any atom is 0.408 e. The van der Waals surface area contributed by atoms with Crippen LogP contribution in [0.5, 0.6) is 5.75 Å². The number of methoxy groups -OCH3 is 2. The molecule has 0 heterocycles. The molecule has 0 spiro atoms. The molecule has 0 aliphatic carbocycles. The molecule has 1 amide bonds. The maximum atomic E-state index is 12.1. The van der Waals surface area contributed by atoms with Crippen molar-refractivity contribution in [1.29, 1.82) is 0 Å². The number of aryl methyl sites for hydroxylation is 1. The first kappa shape index (κ1) is 23.3. The third kappa shape index (κ3) is 6.51. The van der Waals surface area contributed by atoms with Gasteiger partial charge in [-0.3, -0.25) is 0 Å². The van der Waals surface area contributed by atoms with Gasteiger partial charge in [-0.2, -0.15) is 0 Å². The van der Waals surface area contributed by atoms with Gasteiger partial charge in [0.1, 0.15) is 17.4 Å². The Morgan fingerprint density at radius 2 is 1.70 bits per heavy atom. The van der Waals surface area contributed by atoms with E-state index in [-0.39, 0.29) is 0 Å². The summed E-state index contributed by atoms with van der Waals surface area (Å²) in [6.07, 6.45) is 0.536. The zero-order valence-electron chi connectivity index (χ0n) is 18.6. The third-order valence-corrected chi connectivity index (χ3v) is 4.57. The van der Waals surface area contributed by atoms with E-state index in [1.165, 1.54) is 12.7 Å². The highest BCUT2D eigenvalue weighted by Gasteiger charge is 2.25. The van der Waals surface area contributed by atoms with E-state index in [1.807, 2.05) is 42.5 Å². The number of carbonyl (C=O) groups is 2. The lowest BCUT2D eigenvalue weighted by molar-refractivity contribution is -0.143. The fourth-order valence-corrected chi connectivity index (χ4v) is 3.11. The molecule has 2 rings (SSSR count). The molecule has 0 fully saturated rings. The molecule has 0 aromatic heterocycles. The maximum absolute atomic E-state index is 12.1. The number of nitrogens with one attached hydrogen (secondary N) is 1. The summed E-state index contributed by atoms with van der Waals surface area (Å²) in [7, 11) is 2.96. The lowest BCUT2D eigenvalue weighted by Crippen LogP contribution is -2.45. The van der Waals surface area contributed by atoms with Crippen LogP contribution < -0.4 is 10.1 Å². The van der Waals surface area contributed by atoms with Crippen LogP contribution >= 0.6 is 0 Å². The van der Waals surface area contributed by atoms with E-state index in [1.54, 1.807) is 27.9 Å². The van der Waals surface area contributed by atoms with Gasteiger partial charge in [-0.15, -0.1) is 0 Å². The van der Waals surface area contributed by atoms with Crippen molar-refractivity contribution < 1.29 is 23.8 Å². The molecule has 0 saturated heterocycles. The van der Waals surface area contributed by atoms with Gasteiger partial charge >= 0.3 is 12.1 Å². The lowest BCUT2D eigenvalue weighted by atomic mass is 9.96. The number of hydrogen-bond acceptors (Lipinski definition) is 5. The van der Waals surface area contributed by atoms with E-state index in [9.17, 15) is 9.59 Å². The predicted molar refractivity (Wildman–Crippen MR) is 117 cm³/mol. The van der Waals surface area contributed by atoms with Crippen LogP contribution in [-0.2, 0) is 27.1 Å². The van der Waals surface area contributed by atoms with Crippen molar-refractivity contribution >= 4 is 12.1 Å². The van der Waals surface area contributed by atoms with Gasteiger partial charge < -0.3 is 19.5 Å². The molecule has 0 saturated carbocycles. The summed E-state index contributed by atoms with van der Waals surface area (Å²) < 4.78 is 15.4. The summed E-state index contributed by atoms with van der Waals surface area (Å²) in [5.74, 6) is 0.315. The smallest absolute Gasteiger partial charge is 0.408 e. The summed E-state index contributed by atoms with van der Waals surface area (Å²) >= 11 is 0. The van der Waals surface area contributed by atoms with Crippen molar-refractivity contribution in [2.45, 2.75) is 52.2 Å². The Bertz CT molecular complexity index is 868. The largest absolute Gasteiger partial charge is 0.497 e. The normalized spacial score (nSPS) is 12.1. The minimum atomic E-state index is -0.831. The first-order valence-electron chi connectivity index (χ1n) is 10.0. The van der Waals surface area contributed by atoms with Crippen LogP contribution in [0.1, 0.15) is 38.8 Å². The second-order valence-electron chi connectivity index (χ2n) is 8.00. The molecule has 6 heteroatoms. The Kier molecular flexibility index (Phi) is 7.86. The number of alkyl carbamates (subject to hydrolysis) is 1. The summed E-state index contributed by atoms with van der Waals surface area (Å²) in [5, 5.41) is 2.60. The van der Waals surface area contributed by atoms with Crippen LogP contribution in [-0.4, -0.2) is 37.9 Å². The minimum Gasteiger partial charge on any atom is -0.497 e. The van der Waals surface area contributed by atoms with Crippen molar-refractivity contribution in [3.8, 4) is 16.9 Å². The highest BCUT2D eigenvalue weighted by Crippen LogP contribution is 2.28. The van der Waals surface area contributed by atoms with Gasteiger partial charge in [-0.1, -0.05) is 37.3 Å². The van der Waals surface area contributed by atoms with Gasteiger partial charge in [0.2, 0.25) is 0 Å². The topological polar surface area (TPSA) is 73.9 Å². The lowest BCUT2D eigenvalue weighted by Gasteiger charge is -2.22. The van der Waals surface area contributed by atoms with Gasteiger partial charge in [0.05, 0.1) is 14.2 Å². The van der Waals surface area contributed by atoms with Gasteiger partial charge in [0, 0.05) is 6.42 Å². The minimum absolute atomic E-state index is 0.301. The fourth-order valence-electron chi connectivity index (χ4n) is 3.11. The molecule has 2 aromatic carbocycles. The Balaban J connectivity index is 2.17. The highest BCUT2D eigenvalue weighted by atomic mass is 16.6. The molecule has 0 unspecified atom stereocenters. The molecule has 2 aromatic rings. The van der Waals surface area contributed by atoms with E-state index in [4.69, 9.17) is 14.2 Å². The monoisotopic (exact) mass is 413 g/mol. The van der Waals surface area contributed by atoms with E-state index in [2.05, 4.69) is 12.2 Å². The Labute approximate surface area is 178 Å². The van der Waals surface area contributed by atoms with Crippen molar-refractivity contribution in [3.05, 3.63) is 53.6 Å². The fraction of sp³-hybridized carbons (Fsp3) is 0.417. The van der Waals surface area contributed by atoms with Gasteiger partial charge in [-0.05, 0) is 61.6 Å². The van der Waals surface area contributed by atoms with Gasteiger partial charge in [-0.25, -0.2) is 9.59 Å². The SMILES string of the molecule is CCc1cc(OC)ccc1-c1ccc(C[C@H](NC(=O)OC(C)(C)C)C(=O)OC)cc1. The summed E-state index contributed by atoms with van der Waals surface area (Å²) in [6, 6.07) is 13.1. The molecule has 30 heavy (non-hydrogen) atoms. The molecular formula is C24H31NO5. The number of rotatable bonds is 7. The zero-order chi connectivity index (χ0) is 22.3. The number of esters is 1. The third-order valence-electron chi connectivity index (χ3n) is 4.57. The molecule has 0 aliphatic rings. The Morgan fingerprint density at radius 3 is 2.23 bits per heavy atom. The first-order valence-corrected chi connectivity index (χ1v) is 10.0. The van der Waals surface area contributed by atoms with Crippen molar-refractivity contribution in [3.63, 3.8) is 0 Å². The number of hydrogen-bond donors (Lipinski definition) is 1. The molecule has 162 valence electrons. The average Bonchev–Trinajstić information content (AvgIpc) is 2.71. The molecule has 0 radical (unpaired) electrons. The number of amides is 1. The molecule has 0 bridgehead atoms. The molecule has 6 nitrogen and oxygen atoms in total. The molecule has 1 N–H and O–H groups in total. The van der Waals surface area contributed by atoms with Crippen molar-refractivity contribution in [2.75, 3.05) is 14.2 Å². The van der Waals surface area contributed by atoms with Crippen molar-refractivity contribution in [2.24, 2.45) is 0 Å². The number of carbonyl (C=O) groups excluding carboxylic acids is 2. The van der Waals surface area contributed by atoms with Crippen molar-refractivity contribution in [1.82, 2.24) is 5.32 Å². The zero-order valence-corrected chi connectivity index (χ0v) is 18.6. The quantitative estimate of drug-likeness (QED) is 0.675. The Morgan fingerprint density at radius 1 is 1.03 bits per heavy atom. The number of benzene rings is 2. The van der Waals surface area contributed by atoms with Gasteiger partial charge in [0.15, 0.2) is 0 Å². The second-order valence-corrected chi connectivity index (χ2v) is 8.00. The number of ether oxygens (including phenoxy) is 3. The van der Waals surface area contributed by atoms with Crippen LogP contribution in [0.15, 0.2) is 42.5 Å². The van der Waals surface area contributed by atoms with E-state index in [0.29, 0.717) is 6.42 Å². The standard InChI is InChI=1S/C24H31NO5/c1-7-17-15-19(28-5)12-13-20(17)18-10-8-16(9-11-18)14-21(22(26)29-6)25-23(27)30-24(2,3)4/h8-13,15,21H,7,14H2,1-6H3,(H,25,27)/t21-/m0/s1.